The third-order valence-electron chi connectivity index (χ3n) is 7.33. The summed E-state index contributed by atoms with van der Waals surface area (Å²) >= 11 is 0. The molecule has 0 radical (unpaired) electrons. The monoisotopic (exact) mass is 602 g/mol. The standard InChI is InChI=1S/C31H34N6O5S/c1-5-27(42-30(39)28-23-9-7-8-10-25(23)35-26-15-16-37(6-2)18-24(26)28)29(38)34-21-11-13-22(14-12-21)43(40,41)36-31-32-19(3)17-20(4)33-31/h7-14,17,27H,5-6,15-16,18H2,1-4H3,(H,34,38)(H,32,33,36). The molecule has 0 saturated carbocycles. The Morgan fingerprint density at radius 2 is 1.70 bits per heavy atom. The number of amides is 1. The van der Waals surface area contributed by atoms with Crippen LogP contribution in [0.3, 0.4) is 0 Å². The Bertz CT molecular complexity index is 1770. The van der Waals surface area contributed by atoms with E-state index in [1.807, 2.05) is 24.3 Å². The van der Waals surface area contributed by atoms with Crippen molar-refractivity contribution in [2.75, 3.05) is 23.1 Å². The molecule has 11 nitrogen and oxygen atoms in total. The molecule has 5 rings (SSSR count). The molecule has 12 heteroatoms. The van der Waals surface area contributed by atoms with Gasteiger partial charge in [0.2, 0.25) is 5.95 Å². The Labute approximate surface area is 250 Å². The van der Waals surface area contributed by atoms with Gasteiger partial charge in [-0.15, -0.1) is 0 Å². The Morgan fingerprint density at radius 3 is 2.37 bits per heavy atom. The van der Waals surface area contributed by atoms with Crippen molar-refractivity contribution in [2.45, 2.75) is 58.1 Å². The molecule has 0 spiro atoms. The minimum atomic E-state index is -3.96. The van der Waals surface area contributed by atoms with E-state index in [-0.39, 0.29) is 17.3 Å². The number of aromatic nitrogens is 3. The lowest BCUT2D eigenvalue weighted by Crippen LogP contribution is -2.35. The fourth-order valence-electron chi connectivity index (χ4n) is 5.15. The van der Waals surface area contributed by atoms with E-state index in [1.165, 1.54) is 24.3 Å². The van der Waals surface area contributed by atoms with Crippen molar-refractivity contribution in [3.8, 4) is 0 Å². The summed E-state index contributed by atoms with van der Waals surface area (Å²) < 4.78 is 33.9. The van der Waals surface area contributed by atoms with Crippen LogP contribution in [0.1, 0.15) is 53.3 Å². The highest BCUT2D eigenvalue weighted by molar-refractivity contribution is 7.92. The highest BCUT2D eigenvalue weighted by Gasteiger charge is 2.29. The molecule has 0 saturated heterocycles. The van der Waals surface area contributed by atoms with Gasteiger partial charge in [0.05, 0.1) is 16.0 Å². The molecule has 1 unspecified atom stereocenters. The van der Waals surface area contributed by atoms with E-state index >= 15 is 0 Å². The number of anilines is 2. The molecule has 1 aliphatic rings. The number of para-hydroxylation sites is 1. The van der Waals surface area contributed by atoms with Gasteiger partial charge < -0.3 is 10.1 Å². The number of aryl methyl sites for hydroxylation is 2. The van der Waals surface area contributed by atoms with Gasteiger partial charge in [0, 0.05) is 53.2 Å². The average Bonchev–Trinajstić information content (AvgIpc) is 2.97. The number of nitrogens with one attached hydrogen (secondary N) is 2. The summed E-state index contributed by atoms with van der Waals surface area (Å²) in [5.74, 6) is -1.11. The van der Waals surface area contributed by atoms with E-state index in [4.69, 9.17) is 9.72 Å². The van der Waals surface area contributed by atoms with Crippen molar-refractivity contribution in [2.24, 2.45) is 0 Å². The number of fused-ring (bicyclic) bond motifs is 2. The highest BCUT2D eigenvalue weighted by Crippen LogP contribution is 2.29. The zero-order chi connectivity index (χ0) is 30.7. The maximum atomic E-state index is 13.7. The number of rotatable bonds is 9. The van der Waals surface area contributed by atoms with Gasteiger partial charge in [0.15, 0.2) is 6.10 Å². The Balaban J connectivity index is 1.31. The number of hydrogen-bond acceptors (Lipinski definition) is 9. The maximum Gasteiger partial charge on any atom is 0.340 e. The van der Waals surface area contributed by atoms with E-state index in [0.717, 1.165) is 30.8 Å². The van der Waals surface area contributed by atoms with Crippen LogP contribution in [-0.2, 0) is 32.5 Å². The number of benzene rings is 2. The predicted molar refractivity (Wildman–Crippen MR) is 163 cm³/mol. The molecule has 224 valence electrons. The molecule has 0 fully saturated rings. The van der Waals surface area contributed by atoms with Crippen LogP contribution in [-0.4, -0.2) is 59.3 Å². The first kappa shape index (κ1) is 30.1. The molecule has 1 atom stereocenters. The third kappa shape index (κ3) is 6.65. The van der Waals surface area contributed by atoms with Gasteiger partial charge in [-0.25, -0.2) is 27.9 Å². The quantitative estimate of drug-likeness (QED) is 0.267. The van der Waals surface area contributed by atoms with Gasteiger partial charge in [-0.3, -0.25) is 14.7 Å². The first-order valence-electron chi connectivity index (χ1n) is 14.2. The molecular formula is C31H34N6O5S. The minimum Gasteiger partial charge on any atom is -0.449 e. The summed E-state index contributed by atoms with van der Waals surface area (Å²) in [4.78, 5) is 42.1. The van der Waals surface area contributed by atoms with E-state index < -0.39 is 28.0 Å². The number of carbonyl (C=O) groups excluding carboxylic acids is 2. The number of ether oxygens (including phenoxy) is 1. The van der Waals surface area contributed by atoms with Crippen LogP contribution in [0.2, 0.25) is 0 Å². The van der Waals surface area contributed by atoms with Crippen molar-refractivity contribution < 1.29 is 22.7 Å². The zero-order valence-electron chi connectivity index (χ0n) is 24.5. The molecule has 3 heterocycles. The van der Waals surface area contributed by atoms with Crippen LogP contribution in [0, 0.1) is 13.8 Å². The summed E-state index contributed by atoms with van der Waals surface area (Å²) in [5, 5.41) is 3.42. The predicted octanol–water partition coefficient (Wildman–Crippen LogP) is 4.39. The number of nitrogens with zero attached hydrogens (tertiary/aromatic N) is 4. The molecule has 1 aliphatic heterocycles. The molecule has 2 aromatic heterocycles. The smallest absolute Gasteiger partial charge is 0.340 e. The molecule has 4 aromatic rings. The lowest BCUT2D eigenvalue weighted by molar-refractivity contribution is -0.124. The van der Waals surface area contributed by atoms with E-state index in [9.17, 15) is 18.0 Å². The lowest BCUT2D eigenvalue weighted by atomic mass is 9.95. The number of carbonyl (C=O) groups is 2. The number of pyridine rings is 1. The Morgan fingerprint density at radius 1 is 1.00 bits per heavy atom. The Kier molecular flexibility index (Phi) is 8.69. The van der Waals surface area contributed by atoms with Gasteiger partial charge in [-0.2, -0.15) is 0 Å². The SMILES string of the molecule is CCC(OC(=O)c1c2c(nc3ccccc13)CCN(CC)C2)C(=O)Nc1ccc(S(=O)(=O)Nc2nc(C)cc(C)n2)cc1. The summed E-state index contributed by atoms with van der Waals surface area (Å²) in [6, 6.07) is 14.9. The van der Waals surface area contributed by atoms with Crippen LogP contribution in [0.15, 0.2) is 59.5 Å². The lowest BCUT2D eigenvalue weighted by Gasteiger charge is -2.29. The van der Waals surface area contributed by atoms with Crippen LogP contribution in [0.5, 0.6) is 0 Å². The number of sulfonamides is 1. The van der Waals surface area contributed by atoms with Crippen LogP contribution in [0.4, 0.5) is 11.6 Å². The van der Waals surface area contributed by atoms with Crippen LogP contribution < -0.4 is 10.0 Å². The maximum absolute atomic E-state index is 13.7. The van der Waals surface area contributed by atoms with Gasteiger partial charge >= 0.3 is 5.97 Å². The molecule has 2 aromatic carbocycles. The van der Waals surface area contributed by atoms with Gasteiger partial charge in [-0.1, -0.05) is 32.0 Å². The van der Waals surface area contributed by atoms with Crippen molar-refractivity contribution in [3.63, 3.8) is 0 Å². The molecule has 0 bridgehead atoms. The summed E-state index contributed by atoms with van der Waals surface area (Å²) in [7, 11) is -3.96. The van der Waals surface area contributed by atoms with Crippen molar-refractivity contribution in [1.29, 1.82) is 0 Å². The van der Waals surface area contributed by atoms with Crippen molar-refractivity contribution >= 4 is 44.4 Å². The summed E-state index contributed by atoms with van der Waals surface area (Å²) in [6.45, 7) is 9.61. The van der Waals surface area contributed by atoms with Crippen LogP contribution >= 0.6 is 0 Å². The normalized spacial score (nSPS) is 14.1. The molecular weight excluding hydrogens is 568 g/mol. The number of likely N-dealkylation sites (N-methyl/N-ethyl adjacent to an activating group) is 1. The third-order valence-corrected chi connectivity index (χ3v) is 8.67. The topological polar surface area (TPSA) is 143 Å². The molecule has 43 heavy (non-hydrogen) atoms. The van der Waals surface area contributed by atoms with Crippen LogP contribution in [0.25, 0.3) is 10.9 Å². The van der Waals surface area contributed by atoms with E-state index in [2.05, 4.69) is 31.8 Å². The summed E-state index contributed by atoms with van der Waals surface area (Å²) in [5.41, 5.74) is 4.49. The number of hydrogen-bond donors (Lipinski definition) is 2. The van der Waals surface area contributed by atoms with E-state index in [0.29, 0.717) is 40.1 Å². The second-order valence-corrected chi connectivity index (χ2v) is 12.1. The van der Waals surface area contributed by atoms with Gasteiger partial charge in [-0.05, 0) is 63.2 Å². The second kappa shape index (κ2) is 12.4. The second-order valence-electron chi connectivity index (χ2n) is 10.4. The molecule has 1 amide bonds. The number of esters is 1. The van der Waals surface area contributed by atoms with Gasteiger partial charge in [0.1, 0.15) is 0 Å². The fraction of sp³-hybridized carbons (Fsp3) is 0.323. The summed E-state index contributed by atoms with van der Waals surface area (Å²) in [6.07, 6.45) is -0.0890. The highest BCUT2D eigenvalue weighted by atomic mass is 32.2. The minimum absolute atomic E-state index is 0.0203. The average molecular weight is 603 g/mol. The fourth-order valence-corrected chi connectivity index (χ4v) is 6.09. The molecule has 2 N–H and O–H groups in total. The molecule has 0 aliphatic carbocycles. The van der Waals surface area contributed by atoms with Crippen molar-refractivity contribution in [1.82, 2.24) is 19.9 Å². The van der Waals surface area contributed by atoms with E-state index in [1.54, 1.807) is 26.8 Å². The largest absolute Gasteiger partial charge is 0.449 e. The zero-order valence-corrected chi connectivity index (χ0v) is 25.4. The Hall–Kier alpha value is -4.42. The first-order valence-corrected chi connectivity index (χ1v) is 15.7. The first-order chi connectivity index (χ1) is 20.6. The van der Waals surface area contributed by atoms with Gasteiger partial charge in [0.25, 0.3) is 15.9 Å². The van der Waals surface area contributed by atoms with Crippen molar-refractivity contribution in [3.05, 3.63) is 82.8 Å².